The van der Waals surface area contributed by atoms with Gasteiger partial charge in [-0.3, -0.25) is 4.90 Å². The van der Waals surface area contributed by atoms with Crippen LogP contribution in [0.5, 0.6) is 0 Å². The third-order valence-corrected chi connectivity index (χ3v) is 8.21. The van der Waals surface area contributed by atoms with Crippen LogP contribution in [0.3, 0.4) is 0 Å². The van der Waals surface area contributed by atoms with Gasteiger partial charge in [-0.2, -0.15) is 0 Å². The van der Waals surface area contributed by atoms with Gasteiger partial charge in [0, 0.05) is 31.7 Å². The van der Waals surface area contributed by atoms with E-state index in [9.17, 15) is 0 Å². The molecule has 1 aliphatic rings. The van der Waals surface area contributed by atoms with E-state index in [1.54, 1.807) is 0 Å². The van der Waals surface area contributed by atoms with Gasteiger partial charge in [-0.15, -0.1) is 0 Å². The van der Waals surface area contributed by atoms with Crippen molar-refractivity contribution in [2.75, 3.05) is 37.6 Å². The quantitative estimate of drug-likeness (QED) is 0.319. The Morgan fingerprint density at radius 3 is 2.27 bits per heavy atom. The molecule has 5 heteroatoms. The third kappa shape index (κ3) is 5.43. The van der Waals surface area contributed by atoms with Gasteiger partial charge >= 0.3 is 0 Å². The molecule has 1 saturated heterocycles. The first-order valence-corrected chi connectivity index (χ1v) is 13.8. The van der Waals surface area contributed by atoms with Crippen molar-refractivity contribution in [2.45, 2.75) is 45.7 Å². The van der Waals surface area contributed by atoms with E-state index >= 15 is 0 Å². The van der Waals surface area contributed by atoms with E-state index in [1.165, 1.54) is 22.2 Å². The van der Waals surface area contributed by atoms with E-state index in [1.807, 2.05) is 0 Å². The molecule has 0 aliphatic carbocycles. The van der Waals surface area contributed by atoms with Crippen LogP contribution in [0.4, 0.5) is 5.95 Å². The smallest absolute Gasteiger partial charge is 0.206 e. The van der Waals surface area contributed by atoms with Gasteiger partial charge in [0.2, 0.25) is 5.95 Å². The lowest BCUT2D eigenvalue weighted by Gasteiger charge is -2.38. The van der Waals surface area contributed by atoms with Crippen molar-refractivity contribution in [1.29, 1.82) is 0 Å². The highest BCUT2D eigenvalue weighted by molar-refractivity contribution is 5.79. The summed E-state index contributed by atoms with van der Waals surface area (Å²) in [6.07, 6.45) is 2.11. The number of aryl methyl sites for hydroxylation is 1. The van der Waals surface area contributed by atoms with E-state index in [-0.39, 0.29) is 5.54 Å². The topological polar surface area (TPSA) is 50.3 Å². The van der Waals surface area contributed by atoms with E-state index in [4.69, 9.17) is 10.7 Å². The molecule has 0 amide bonds. The summed E-state index contributed by atoms with van der Waals surface area (Å²) in [5, 5.41) is 0. The molecule has 5 rings (SSSR count). The Bertz CT molecular complexity index is 1300. The third-order valence-electron chi connectivity index (χ3n) is 8.21. The largest absolute Gasteiger partial charge is 0.340 e. The second-order valence-electron chi connectivity index (χ2n) is 10.9. The molecule has 1 aliphatic heterocycles. The predicted octanol–water partition coefficient (Wildman–Crippen LogP) is 5.81. The number of para-hydroxylation sites is 2. The molecule has 1 aromatic heterocycles. The Balaban J connectivity index is 1.23. The molecule has 2 N–H and O–H groups in total. The Kier molecular flexibility index (Phi) is 7.63. The maximum absolute atomic E-state index is 7.06. The number of fused-ring (bicyclic) bond motifs is 1. The molecule has 1 unspecified atom stereocenters. The first-order chi connectivity index (χ1) is 18.0. The van der Waals surface area contributed by atoms with Crippen molar-refractivity contribution < 1.29 is 0 Å². The monoisotopic (exact) mass is 495 g/mol. The van der Waals surface area contributed by atoms with Crippen molar-refractivity contribution in [2.24, 2.45) is 11.7 Å². The SMILES string of the molecule is Cc1ccccc1C(N)(CCCN1CCN(c2nc3ccccc3n2Cc2ccccc2)CC1)C(C)C. The number of piperazine rings is 1. The molecule has 5 nitrogen and oxygen atoms in total. The van der Waals surface area contributed by atoms with Gasteiger partial charge in [0.25, 0.3) is 0 Å². The fraction of sp³-hybridized carbons (Fsp3) is 0.406. The van der Waals surface area contributed by atoms with Gasteiger partial charge in [-0.1, -0.05) is 80.6 Å². The number of benzene rings is 3. The molecule has 1 atom stereocenters. The lowest BCUT2D eigenvalue weighted by molar-refractivity contribution is 0.222. The highest BCUT2D eigenvalue weighted by Crippen LogP contribution is 2.34. The second-order valence-corrected chi connectivity index (χ2v) is 10.9. The van der Waals surface area contributed by atoms with Gasteiger partial charge in [0.1, 0.15) is 0 Å². The van der Waals surface area contributed by atoms with Crippen molar-refractivity contribution in [3.8, 4) is 0 Å². The van der Waals surface area contributed by atoms with Gasteiger partial charge in [-0.05, 0) is 61.1 Å². The molecule has 0 radical (unpaired) electrons. The summed E-state index contributed by atoms with van der Waals surface area (Å²) >= 11 is 0. The Labute approximate surface area is 221 Å². The summed E-state index contributed by atoms with van der Waals surface area (Å²) in [5.41, 5.74) is 12.9. The number of hydrogen-bond acceptors (Lipinski definition) is 4. The zero-order valence-corrected chi connectivity index (χ0v) is 22.6. The Morgan fingerprint density at radius 2 is 1.54 bits per heavy atom. The average molecular weight is 496 g/mol. The van der Waals surface area contributed by atoms with E-state index in [0.717, 1.165) is 63.6 Å². The van der Waals surface area contributed by atoms with Crippen molar-refractivity contribution in [3.05, 3.63) is 95.6 Å². The molecule has 3 aromatic carbocycles. The summed E-state index contributed by atoms with van der Waals surface area (Å²) in [5.74, 6) is 1.48. The maximum atomic E-state index is 7.06. The minimum absolute atomic E-state index is 0.282. The molecule has 2 heterocycles. The summed E-state index contributed by atoms with van der Waals surface area (Å²) in [4.78, 5) is 10.1. The number of nitrogens with zero attached hydrogens (tertiary/aromatic N) is 4. The maximum Gasteiger partial charge on any atom is 0.206 e. The lowest BCUT2D eigenvalue weighted by atomic mass is 9.75. The highest BCUT2D eigenvalue weighted by Gasteiger charge is 2.32. The average Bonchev–Trinajstić information content (AvgIpc) is 3.28. The Hall–Kier alpha value is -3.15. The number of aromatic nitrogens is 2. The van der Waals surface area contributed by atoms with Gasteiger partial charge in [0.15, 0.2) is 0 Å². The molecular weight excluding hydrogens is 454 g/mol. The Morgan fingerprint density at radius 1 is 0.865 bits per heavy atom. The molecule has 194 valence electrons. The van der Waals surface area contributed by atoms with E-state index < -0.39 is 0 Å². The van der Waals surface area contributed by atoms with Gasteiger partial charge in [-0.25, -0.2) is 4.98 Å². The number of anilines is 1. The van der Waals surface area contributed by atoms with Crippen LogP contribution < -0.4 is 10.6 Å². The predicted molar refractivity (Wildman–Crippen MR) is 155 cm³/mol. The summed E-state index contributed by atoms with van der Waals surface area (Å²) in [7, 11) is 0. The fourth-order valence-electron chi connectivity index (χ4n) is 5.82. The van der Waals surface area contributed by atoms with Crippen LogP contribution in [0.2, 0.25) is 0 Å². The van der Waals surface area contributed by atoms with Crippen LogP contribution in [0.15, 0.2) is 78.9 Å². The van der Waals surface area contributed by atoms with E-state index in [0.29, 0.717) is 5.92 Å². The summed E-state index contributed by atoms with van der Waals surface area (Å²) < 4.78 is 2.38. The minimum atomic E-state index is -0.282. The highest BCUT2D eigenvalue weighted by atomic mass is 15.4. The molecule has 0 saturated carbocycles. The van der Waals surface area contributed by atoms with Crippen LogP contribution in [0.1, 0.15) is 43.4 Å². The molecule has 1 fully saturated rings. The molecular formula is C32H41N5. The van der Waals surface area contributed by atoms with Crippen molar-refractivity contribution >= 4 is 17.0 Å². The molecule has 4 aromatic rings. The van der Waals surface area contributed by atoms with Gasteiger partial charge < -0.3 is 15.2 Å². The number of imidazole rings is 1. The first kappa shape index (κ1) is 25.5. The van der Waals surface area contributed by atoms with Crippen molar-refractivity contribution in [3.63, 3.8) is 0 Å². The minimum Gasteiger partial charge on any atom is -0.340 e. The summed E-state index contributed by atoms with van der Waals surface area (Å²) in [6, 6.07) is 27.8. The molecule has 0 spiro atoms. The summed E-state index contributed by atoms with van der Waals surface area (Å²) in [6.45, 7) is 12.7. The standard InChI is InChI=1S/C32H41N5/c1-25(2)32(33,28-15-8-7-12-26(28)3)18-11-19-35-20-22-36(23-21-35)31-34-29-16-9-10-17-30(29)37(31)24-27-13-5-4-6-14-27/h4-10,12-17,25H,11,18-24,33H2,1-3H3. The van der Waals surface area contributed by atoms with Crippen LogP contribution in [0, 0.1) is 12.8 Å². The second kappa shape index (κ2) is 11.1. The van der Waals surface area contributed by atoms with Crippen molar-refractivity contribution in [1.82, 2.24) is 14.5 Å². The fourth-order valence-corrected chi connectivity index (χ4v) is 5.82. The molecule has 37 heavy (non-hydrogen) atoms. The van der Waals surface area contributed by atoms with Crippen LogP contribution in [-0.4, -0.2) is 47.2 Å². The zero-order chi connectivity index (χ0) is 25.8. The van der Waals surface area contributed by atoms with Crippen LogP contribution >= 0.6 is 0 Å². The zero-order valence-electron chi connectivity index (χ0n) is 22.6. The molecule has 0 bridgehead atoms. The van der Waals surface area contributed by atoms with Crippen LogP contribution in [0.25, 0.3) is 11.0 Å². The number of nitrogens with two attached hydrogens (primary N) is 1. The lowest BCUT2D eigenvalue weighted by Crippen LogP contribution is -2.48. The number of hydrogen-bond donors (Lipinski definition) is 1. The van der Waals surface area contributed by atoms with Gasteiger partial charge in [0.05, 0.1) is 17.6 Å². The van der Waals surface area contributed by atoms with Crippen LogP contribution in [-0.2, 0) is 12.1 Å². The number of rotatable bonds is 9. The first-order valence-electron chi connectivity index (χ1n) is 13.8. The van der Waals surface area contributed by atoms with E-state index in [2.05, 4.69) is 114 Å². The normalized spacial score (nSPS) is 16.4.